The Hall–Kier alpha value is -2.07. The number of likely N-dealkylation sites (tertiary alicyclic amines) is 1. The summed E-state index contributed by atoms with van der Waals surface area (Å²) in [7, 11) is 0. The molecule has 4 nitrogen and oxygen atoms in total. The zero-order valence-electron chi connectivity index (χ0n) is 16.3. The Morgan fingerprint density at radius 2 is 1.93 bits per heavy atom. The number of hydrogen-bond acceptors (Lipinski definition) is 3. The molecule has 2 N–H and O–H groups in total. The van der Waals surface area contributed by atoms with Crippen molar-refractivity contribution in [3.63, 3.8) is 0 Å². The van der Waals surface area contributed by atoms with Gasteiger partial charge >= 0.3 is 0 Å². The van der Waals surface area contributed by atoms with Gasteiger partial charge < -0.3 is 15.3 Å². The van der Waals surface area contributed by atoms with Gasteiger partial charge in [-0.2, -0.15) is 0 Å². The second kappa shape index (κ2) is 9.23. The topological polar surface area (TPSA) is 52.6 Å². The Morgan fingerprint density at radius 3 is 2.63 bits per heavy atom. The average Bonchev–Trinajstić information content (AvgIpc) is 2.67. The molecular formula is C23H32N2O2. The molecule has 0 spiro atoms. The zero-order chi connectivity index (χ0) is 19.2. The third-order valence-corrected chi connectivity index (χ3v) is 5.87. The molecule has 1 aromatic carbocycles. The Kier molecular flexibility index (Phi) is 6.73. The van der Waals surface area contributed by atoms with Gasteiger partial charge in [-0.05, 0) is 81.8 Å². The number of carbonyl (C=O) groups excluding carboxylic acids is 1. The van der Waals surface area contributed by atoms with E-state index in [1.54, 1.807) is 6.08 Å². The van der Waals surface area contributed by atoms with Crippen LogP contribution in [0.2, 0.25) is 0 Å². The molecule has 1 saturated heterocycles. The van der Waals surface area contributed by atoms with E-state index in [-0.39, 0.29) is 11.8 Å². The molecule has 0 aliphatic carbocycles. The van der Waals surface area contributed by atoms with Crippen LogP contribution in [0.5, 0.6) is 5.75 Å². The zero-order valence-corrected chi connectivity index (χ0v) is 16.3. The van der Waals surface area contributed by atoms with Crippen LogP contribution >= 0.6 is 0 Å². The molecule has 2 aliphatic rings. The normalized spacial score (nSPS) is 20.0. The SMILES string of the molecule is C=CCc1cc2c(c(CC=C)c1O)CC(CCCN1CCCCC1)C(=O)N2. The highest BCUT2D eigenvalue weighted by Gasteiger charge is 2.29. The van der Waals surface area contributed by atoms with E-state index >= 15 is 0 Å². The minimum absolute atomic E-state index is 0.0180. The van der Waals surface area contributed by atoms with E-state index in [9.17, 15) is 9.90 Å². The number of aromatic hydroxyl groups is 1. The van der Waals surface area contributed by atoms with Crippen LogP contribution in [-0.2, 0) is 24.1 Å². The Balaban J connectivity index is 1.72. The van der Waals surface area contributed by atoms with Gasteiger partial charge in [0.05, 0.1) is 0 Å². The predicted molar refractivity (Wildman–Crippen MR) is 111 cm³/mol. The molecule has 0 saturated carbocycles. The number of phenols is 1. The van der Waals surface area contributed by atoms with Gasteiger partial charge in [-0.25, -0.2) is 0 Å². The fourth-order valence-electron chi connectivity index (χ4n) is 4.40. The van der Waals surface area contributed by atoms with Crippen molar-refractivity contribution in [2.75, 3.05) is 25.0 Å². The second-order valence-electron chi connectivity index (χ2n) is 7.81. The van der Waals surface area contributed by atoms with Gasteiger partial charge in [0, 0.05) is 17.2 Å². The molecule has 0 bridgehead atoms. The van der Waals surface area contributed by atoms with Crippen LogP contribution in [0.3, 0.4) is 0 Å². The number of rotatable bonds is 8. The molecule has 1 amide bonds. The molecule has 27 heavy (non-hydrogen) atoms. The average molecular weight is 369 g/mol. The largest absolute Gasteiger partial charge is 0.507 e. The standard InChI is InChI=1S/C23H32N2O2/c1-3-9-17-16-21-20(19(10-4-2)22(17)26)15-18(23(27)24-21)11-8-14-25-12-6-5-7-13-25/h3-4,16,18,26H,1-2,5-15H2,(H,24,27). The van der Waals surface area contributed by atoms with Gasteiger partial charge in [-0.3, -0.25) is 4.79 Å². The summed E-state index contributed by atoms with van der Waals surface area (Å²) in [5.74, 6) is 0.424. The van der Waals surface area contributed by atoms with Gasteiger partial charge in [0.15, 0.2) is 0 Å². The van der Waals surface area contributed by atoms with Crippen LogP contribution in [0.4, 0.5) is 5.69 Å². The molecule has 3 rings (SSSR count). The van der Waals surface area contributed by atoms with Crippen molar-refractivity contribution in [3.8, 4) is 5.75 Å². The summed E-state index contributed by atoms with van der Waals surface area (Å²) in [6, 6.07) is 1.90. The number of benzene rings is 1. The highest BCUT2D eigenvalue weighted by Crippen LogP contribution is 2.38. The highest BCUT2D eigenvalue weighted by atomic mass is 16.3. The lowest BCUT2D eigenvalue weighted by molar-refractivity contribution is -0.120. The summed E-state index contributed by atoms with van der Waals surface area (Å²) in [4.78, 5) is 15.2. The summed E-state index contributed by atoms with van der Waals surface area (Å²) in [6.07, 6.45) is 11.4. The van der Waals surface area contributed by atoms with E-state index in [1.807, 2.05) is 12.1 Å². The maximum Gasteiger partial charge on any atom is 0.227 e. The van der Waals surface area contributed by atoms with Crippen molar-refractivity contribution in [3.05, 3.63) is 48.1 Å². The molecule has 146 valence electrons. The number of phenolic OH excluding ortho intramolecular Hbond substituents is 1. The minimum atomic E-state index is -0.0180. The van der Waals surface area contributed by atoms with Crippen LogP contribution in [0.25, 0.3) is 0 Å². The lowest BCUT2D eigenvalue weighted by atomic mass is 9.84. The van der Waals surface area contributed by atoms with Gasteiger partial charge in [0.25, 0.3) is 0 Å². The molecule has 4 heteroatoms. The summed E-state index contributed by atoms with van der Waals surface area (Å²) in [5, 5.41) is 13.8. The number of carbonyl (C=O) groups is 1. The maximum atomic E-state index is 12.6. The van der Waals surface area contributed by atoms with E-state index < -0.39 is 0 Å². The van der Waals surface area contributed by atoms with Gasteiger partial charge in [0.2, 0.25) is 5.91 Å². The Labute approximate surface area is 163 Å². The predicted octanol–water partition coefficient (Wildman–Crippen LogP) is 4.23. The molecule has 1 fully saturated rings. The maximum absolute atomic E-state index is 12.6. The Morgan fingerprint density at radius 1 is 1.19 bits per heavy atom. The van der Waals surface area contributed by atoms with Crippen LogP contribution in [0.1, 0.15) is 48.8 Å². The number of amides is 1. The first-order valence-corrected chi connectivity index (χ1v) is 10.3. The van der Waals surface area contributed by atoms with Crippen molar-refractivity contribution >= 4 is 11.6 Å². The quantitative estimate of drug-likeness (QED) is 0.533. The summed E-state index contributed by atoms with van der Waals surface area (Å²) in [5.41, 5.74) is 3.63. The molecule has 2 aliphatic heterocycles. The van der Waals surface area contributed by atoms with Gasteiger partial charge in [0.1, 0.15) is 5.75 Å². The molecule has 1 atom stereocenters. The number of allylic oxidation sites excluding steroid dienone is 2. The summed E-state index contributed by atoms with van der Waals surface area (Å²) < 4.78 is 0. The molecule has 0 aromatic heterocycles. The monoisotopic (exact) mass is 368 g/mol. The van der Waals surface area contributed by atoms with E-state index in [4.69, 9.17) is 0 Å². The van der Waals surface area contributed by atoms with Crippen LogP contribution in [-0.4, -0.2) is 35.5 Å². The first kappa shape index (κ1) is 19.7. The summed E-state index contributed by atoms with van der Waals surface area (Å²) in [6.45, 7) is 11.1. The molecule has 1 aromatic rings. The van der Waals surface area contributed by atoms with E-state index in [2.05, 4.69) is 23.4 Å². The number of nitrogens with one attached hydrogen (secondary N) is 1. The lowest BCUT2D eigenvalue weighted by Gasteiger charge is -2.30. The van der Waals surface area contributed by atoms with E-state index in [1.165, 1.54) is 32.4 Å². The smallest absolute Gasteiger partial charge is 0.227 e. The summed E-state index contributed by atoms with van der Waals surface area (Å²) >= 11 is 0. The number of piperidine rings is 1. The van der Waals surface area contributed by atoms with E-state index in [0.29, 0.717) is 25.0 Å². The minimum Gasteiger partial charge on any atom is -0.507 e. The highest BCUT2D eigenvalue weighted by molar-refractivity contribution is 5.96. The van der Waals surface area contributed by atoms with Gasteiger partial charge in [-0.1, -0.05) is 18.6 Å². The van der Waals surface area contributed by atoms with Crippen molar-refractivity contribution in [2.45, 2.75) is 51.4 Å². The lowest BCUT2D eigenvalue weighted by Crippen LogP contribution is -2.33. The number of fused-ring (bicyclic) bond motifs is 1. The van der Waals surface area contributed by atoms with Crippen molar-refractivity contribution in [1.29, 1.82) is 0 Å². The third kappa shape index (κ3) is 4.62. The fourth-order valence-corrected chi connectivity index (χ4v) is 4.40. The van der Waals surface area contributed by atoms with Crippen molar-refractivity contribution in [2.24, 2.45) is 5.92 Å². The van der Waals surface area contributed by atoms with Crippen molar-refractivity contribution in [1.82, 2.24) is 4.90 Å². The third-order valence-electron chi connectivity index (χ3n) is 5.87. The second-order valence-corrected chi connectivity index (χ2v) is 7.81. The molecule has 1 unspecified atom stereocenters. The number of nitrogens with zero attached hydrogens (tertiary/aromatic N) is 1. The van der Waals surface area contributed by atoms with E-state index in [0.717, 1.165) is 41.8 Å². The molecular weight excluding hydrogens is 336 g/mol. The number of anilines is 1. The first-order valence-electron chi connectivity index (χ1n) is 10.3. The first-order chi connectivity index (χ1) is 13.1. The molecule has 0 radical (unpaired) electrons. The van der Waals surface area contributed by atoms with Crippen LogP contribution < -0.4 is 5.32 Å². The van der Waals surface area contributed by atoms with Gasteiger partial charge in [-0.15, -0.1) is 13.2 Å². The molecule has 2 heterocycles. The van der Waals surface area contributed by atoms with Crippen molar-refractivity contribution < 1.29 is 9.90 Å². The Bertz CT molecular complexity index is 705. The van der Waals surface area contributed by atoms with Crippen LogP contribution in [0, 0.1) is 5.92 Å². The number of hydrogen-bond donors (Lipinski definition) is 2. The fraction of sp³-hybridized carbons (Fsp3) is 0.522. The van der Waals surface area contributed by atoms with Crippen LogP contribution in [0.15, 0.2) is 31.4 Å².